The van der Waals surface area contributed by atoms with Crippen molar-refractivity contribution in [2.75, 3.05) is 147 Å². The first-order chi connectivity index (χ1) is 64.5. The third-order valence-corrected chi connectivity index (χ3v) is 86.7. The summed E-state index contributed by atoms with van der Waals surface area (Å²) >= 11 is 0. The van der Waals surface area contributed by atoms with Crippen molar-refractivity contribution in [3.63, 3.8) is 0 Å². The molecule has 924 valence electrons. The number of rotatable bonds is 62. The van der Waals surface area contributed by atoms with Crippen molar-refractivity contribution < 1.29 is 101 Å². The van der Waals surface area contributed by atoms with Crippen LogP contribution in [-0.4, -0.2) is 336 Å². The molecule has 0 aliphatic heterocycles. The van der Waals surface area contributed by atoms with Crippen LogP contribution in [0.5, 0.6) is 0 Å². The molecular weight excluding hydrogens is 2410 g/mol. The monoisotopic (exact) mass is 2690 g/mol. The third-order valence-electron chi connectivity index (χ3n) is 25.1. The first-order valence-corrected chi connectivity index (χ1v) is 116. The van der Waals surface area contributed by atoms with Gasteiger partial charge in [-0.1, -0.05) is 699 Å². The Morgan fingerprint density at radius 2 is 0.313 bits per heavy atom. The quantitative estimate of drug-likeness (QED) is 0.0430. The molecule has 0 amide bonds. The second kappa shape index (κ2) is 99.9. The van der Waals surface area contributed by atoms with Crippen LogP contribution in [0.15, 0.2) is 0 Å². The van der Waals surface area contributed by atoms with Gasteiger partial charge < -0.3 is 87.2 Å². The first-order valence-electron chi connectivity index (χ1n) is 59.3. The molecule has 0 heterocycles. The summed E-state index contributed by atoms with van der Waals surface area (Å²) in [6.07, 6.45) is 2.47. The molecule has 0 aromatic heterocycles. The topological polar surface area (TPSA) is 189 Å². The zero-order valence-electron chi connectivity index (χ0n) is 116. The van der Waals surface area contributed by atoms with Crippen LogP contribution in [-0.2, 0) is 101 Å². The average Bonchev–Trinajstić information content (AvgIpc) is 0.831. The fourth-order valence-corrected chi connectivity index (χ4v) is 84.8. The van der Waals surface area contributed by atoms with Gasteiger partial charge in [0.2, 0.25) is 0 Å². The van der Waals surface area contributed by atoms with Crippen LogP contribution in [0.4, 0.5) is 0 Å². The van der Waals surface area contributed by atoms with E-state index in [0.717, 1.165) is 78.5 Å². The zero-order chi connectivity index (χ0) is 117. The Hall–Kier alpha value is 6.22. The van der Waals surface area contributed by atoms with E-state index in [-0.39, 0.29) is 112 Å². The van der Waals surface area contributed by atoms with Crippen LogP contribution in [0.25, 0.3) is 57.8 Å². The van der Waals surface area contributed by atoms with Crippen LogP contribution < -0.4 is 0 Å². The molecule has 0 aliphatic carbocycles. The van der Waals surface area contributed by atoms with E-state index in [9.17, 15) is 0 Å². The zero-order valence-corrected chi connectivity index (χ0v) is 140. The molecule has 150 heavy (non-hydrogen) atoms. The van der Waals surface area contributed by atoms with E-state index in [1.807, 2.05) is 0 Å². The normalized spacial score (nSPS) is 12.7. The second-order valence-corrected chi connectivity index (χ2v) is 141. The van der Waals surface area contributed by atoms with Crippen LogP contribution in [0.2, 0.25) is 344 Å². The number of likely N-dealkylation sites (N-methyl/N-ethyl adjacent to an activating group) is 4. The van der Waals surface area contributed by atoms with Crippen molar-refractivity contribution in [2.24, 2.45) is 0 Å². The minimum absolute atomic E-state index is 0. The largest absolute Gasteiger partial charge is 3.00 e. The Kier molecular flexibility index (Phi) is 131. The summed E-state index contributed by atoms with van der Waals surface area (Å²) in [4.78, 5) is 44.7. The van der Waals surface area contributed by atoms with Crippen molar-refractivity contribution in [3.8, 4) is 0 Å². The molecule has 0 saturated carbocycles. The molecule has 0 saturated heterocycles. The van der Waals surface area contributed by atoms with Gasteiger partial charge in [-0.05, 0) is 121 Å². The van der Waals surface area contributed by atoms with E-state index in [1.165, 1.54) is 148 Å². The van der Waals surface area contributed by atoms with E-state index >= 15 is 0 Å². The maximum absolute atomic E-state index is 5.33. The van der Waals surface area contributed by atoms with Gasteiger partial charge in [0.25, 0.3) is 0 Å². The van der Waals surface area contributed by atoms with Crippen molar-refractivity contribution >= 4 is 148 Å². The molecule has 0 atom stereocenters. The summed E-state index contributed by atoms with van der Waals surface area (Å²) in [5, 5.41) is 0. The van der Waals surface area contributed by atoms with Crippen molar-refractivity contribution in [3.05, 3.63) is 57.8 Å². The average molecular weight is 2690 g/mol. The van der Waals surface area contributed by atoms with Gasteiger partial charge in [0.1, 0.15) is 0 Å². The molecule has 0 fully saturated rings. The third kappa shape index (κ3) is 141. The predicted octanol–water partition coefficient (Wildman–Crippen LogP) is 40.4. The maximum atomic E-state index is 5.33. The Labute approximate surface area is 1030 Å². The minimum Gasteiger partial charge on any atom is -0.668 e. The number of hydrogen-bond donors (Lipinski definition) is 0. The summed E-state index contributed by atoms with van der Waals surface area (Å²) in [7, 11) is -7.98. The molecule has 0 N–H and O–H groups in total. The van der Waals surface area contributed by atoms with Gasteiger partial charge in [-0.3, -0.25) is 0 Å². The molecule has 0 spiro atoms. The van der Waals surface area contributed by atoms with Gasteiger partial charge in [0, 0.05) is 0 Å². The number of nitrogens with zero attached hydrogens (tertiary/aromatic N) is 18. The Morgan fingerprint density at radius 3 is 0.453 bits per heavy atom. The molecule has 0 aliphatic rings. The first kappa shape index (κ1) is 197. The van der Waals surface area contributed by atoms with Crippen LogP contribution in [0.1, 0.15) is 207 Å². The summed E-state index contributed by atoms with van der Waals surface area (Å²) in [5.41, 5.74) is 0.248. The molecule has 0 aromatic rings. The molecule has 42 heteroatoms. The molecule has 0 radical (unpaired) electrons. The Morgan fingerprint density at radius 1 is 0.167 bits per heavy atom. The van der Waals surface area contributed by atoms with E-state index < -0.39 is 148 Å². The van der Waals surface area contributed by atoms with Gasteiger partial charge >= 0.3 is 101 Å². The van der Waals surface area contributed by atoms with E-state index in [2.05, 4.69) is 501 Å². The molecule has 0 bridgehead atoms. The van der Waals surface area contributed by atoms with E-state index in [0.29, 0.717) is 0 Å². The smallest absolute Gasteiger partial charge is 0.668 e. The predicted molar refractivity (Wildman–Crippen MR) is 740 cm³/mol. The molecule has 0 aromatic carbocycles. The minimum atomic E-state index is -1.35. The second-order valence-electron chi connectivity index (χ2n) is 54.9. The van der Waals surface area contributed by atoms with Crippen LogP contribution in [0, 0.1) is 0 Å². The van der Waals surface area contributed by atoms with Gasteiger partial charge in [0.15, 0.2) is 0 Å². The molecular formula is C108H282Co6N18Si18+6. The summed E-state index contributed by atoms with van der Waals surface area (Å²) in [6.45, 7) is 165. The fourth-order valence-electron chi connectivity index (χ4n) is 18.8. The van der Waals surface area contributed by atoms with E-state index in [4.69, 9.17) is 57.8 Å². The molecule has 0 unspecified atom stereocenters. The van der Waals surface area contributed by atoms with Crippen LogP contribution >= 0.6 is 0 Å². The Balaban J connectivity index is -0.0000000795. The van der Waals surface area contributed by atoms with Gasteiger partial charge in [-0.25, -0.2) is 0 Å². The maximum Gasteiger partial charge on any atom is 3.00 e. The van der Waals surface area contributed by atoms with Crippen LogP contribution in [0.3, 0.4) is 0 Å². The Bertz CT molecular complexity index is 2490. The summed E-state index contributed by atoms with van der Waals surface area (Å²) < 4.78 is 28.9. The fraction of sp³-hybridized carbons (Fsp3) is 1.00. The van der Waals surface area contributed by atoms with Gasteiger partial charge in [-0.2, -0.15) is 0 Å². The standard InChI is InChI=1S/C14H33N2Si.C13H31N2Si.2C12H29N2Si.C11H27N2Si.C10H25N2Si.6C6H18NSi2.6Co/c1-8-16(9-2)13-14(6,7)15-17(10-3,11-4)12-5;1-6-15(7-2)13-11-12-14-16(8-3,9-4)10-5;1-8-15(9-2,10-3)13-12(4,5)11-14(6)7;1-6-14(7-2)12-11-13-15(8-3,9-4)10-5;1-6-14(7-2,8-3)12-10-9-11-13(4)5;1-6-13(7-2,8-3)11-9-10-12(4)5;6*1-8(2,3)7-9(4,5)6;;;;;;/h8-13H2,1-7H3;6-13H2,1-5H3;8-11H2,1-7H3;6-12H2,1-5H3;6-11H2,1-5H3;6-10H2,1-5H3;6*1-6H3;;;;;;/q12*-1;6*+3. The van der Waals surface area contributed by atoms with E-state index in [1.54, 1.807) is 0 Å². The van der Waals surface area contributed by atoms with Gasteiger partial charge in [-0.15, -0.1) is 37.3 Å². The van der Waals surface area contributed by atoms with Crippen molar-refractivity contribution in [1.82, 2.24) is 29.4 Å². The number of hydrogen-bond acceptors (Lipinski definition) is 6. The summed E-state index contributed by atoms with van der Waals surface area (Å²) in [5.74, 6) is 0. The van der Waals surface area contributed by atoms with Gasteiger partial charge in [0.05, 0.1) is 0 Å². The SMILES string of the molecule is CCN(CC)CC(C)(C)[N-][Si](CC)(CC)CC.CCN(CC)CCC[N-][Si](CC)(CC)CC.CCN(CC)CC[N-][Si](CC)(CC)CC.CC[Si](CC)(CC)[N-]C(C)(C)CN(C)C.CC[Si](CC)(CC)[N-]CCCN(C)C.CC[Si](CC)(CC)[N-]CCN(C)C.C[Si](C)(C)[N-][Si](C)(C)C.C[Si](C)(C)[N-][Si](C)(C)C.C[Si](C)(C)[N-][Si](C)(C)C.C[Si](C)(C)[N-][Si](C)(C)C.C[Si](C)(C)[N-][Si](C)(C)C.C[Si](C)(C)[N-][Si](C)(C)C.[Co+3].[Co+3].[Co+3].[Co+3].[Co+3].[Co+3]. The van der Waals surface area contributed by atoms with Crippen molar-refractivity contribution in [1.29, 1.82) is 0 Å². The summed E-state index contributed by atoms with van der Waals surface area (Å²) in [6, 6.07) is 23.6. The molecule has 0 rings (SSSR count). The van der Waals surface area contributed by atoms with Crippen molar-refractivity contribution in [2.45, 2.75) is 562 Å². The molecule has 18 nitrogen and oxygen atoms in total.